The van der Waals surface area contributed by atoms with Gasteiger partial charge < -0.3 is 10.0 Å². The fourth-order valence-electron chi connectivity index (χ4n) is 3.22. The van der Waals surface area contributed by atoms with Crippen LogP contribution in [0.4, 0.5) is 0 Å². The number of hydrogen-bond acceptors (Lipinski definition) is 4. The lowest BCUT2D eigenvalue weighted by molar-refractivity contribution is -0.136. The molecule has 6 heteroatoms. The van der Waals surface area contributed by atoms with Crippen LogP contribution in [-0.2, 0) is 22.6 Å². The lowest BCUT2D eigenvalue weighted by Crippen LogP contribution is -2.52. The number of hydrogen-bond donors (Lipinski definition) is 2. The Hall–Kier alpha value is -2.21. The lowest BCUT2D eigenvalue weighted by atomic mass is 10.0. The molecule has 1 aromatic carbocycles. The van der Waals surface area contributed by atoms with Crippen LogP contribution in [0.25, 0.3) is 0 Å². The Kier molecular flexibility index (Phi) is 4.43. The van der Waals surface area contributed by atoms with Gasteiger partial charge in [-0.3, -0.25) is 19.7 Å². The van der Waals surface area contributed by atoms with Crippen molar-refractivity contribution >= 4 is 17.7 Å². The Morgan fingerprint density at radius 2 is 2.04 bits per heavy atom. The summed E-state index contributed by atoms with van der Waals surface area (Å²) in [6.45, 7) is 0.598. The summed E-state index contributed by atoms with van der Waals surface area (Å²) < 4.78 is 0. The molecule has 2 heterocycles. The molecule has 1 unspecified atom stereocenters. The molecule has 0 saturated carbocycles. The number of benzene rings is 1. The summed E-state index contributed by atoms with van der Waals surface area (Å²) in [5, 5.41) is 11.1. The third kappa shape index (κ3) is 3.12. The monoisotopic (exact) mass is 316 g/mol. The van der Waals surface area contributed by atoms with E-state index in [2.05, 4.69) is 5.32 Å². The minimum atomic E-state index is -0.564. The maximum atomic E-state index is 12.5. The van der Waals surface area contributed by atoms with Gasteiger partial charge in [0.25, 0.3) is 5.91 Å². The van der Waals surface area contributed by atoms with Crippen LogP contribution < -0.4 is 5.32 Å². The normalized spacial score (nSPS) is 20.7. The molecule has 0 bridgehead atoms. The molecular weight excluding hydrogens is 296 g/mol. The Balaban J connectivity index is 1.73. The van der Waals surface area contributed by atoms with E-state index >= 15 is 0 Å². The van der Waals surface area contributed by atoms with Crippen LogP contribution in [0.5, 0.6) is 0 Å². The number of carbonyl (C=O) groups excluding carboxylic acids is 3. The maximum absolute atomic E-state index is 12.5. The van der Waals surface area contributed by atoms with Gasteiger partial charge in [0.15, 0.2) is 0 Å². The van der Waals surface area contributed by atoms with E-state index < -0.39 is 6.04 Å². The highest BCUT2D eigenvalue weighted by Gasteiger charge is 2.38. The molecule has 0 radical (unpaired) electrons. The van der Waals surface area contributed by atoms with Crippen molar-refractivity contribution in [3.05, 3.63) is 34.9 Å². The summed E-state index contributed by atoms with van der Waals surface area (Å²) in [5.41, 5.74) is 2.71. The third-order valence-corrected chi connectivity index (χ3v) is 4.46. The number of nitrogens with zero attached hydrogens (tertiary/aromatic N) is 1. The van der Waals surface area contributed by atoms with Gasteiger partial charge in [0, 0.05) is 25.1 Å². The molecule has 0 aromatic heterocycles. The number of imide groups is 1. The average molecular weight is 316 g/mol. The highest BCUT2D eigenvalue weighted by atomic mass is 16.3. The predicted molar refractivity (Wildman–Crippen MR) is 82.5 cm³/mol. The van der Waals surface area contributed by atoms with Gasteiger partial charge in [-0.15, -0.1) is 0 Å². The quantitative estimate of drug-likeness (QED) is 0.620. The number of aliphatic hydroxyl groups is 1. The third-order valence-electron chi connectivity index (χ3n) is 4.46. The van der Waals surface area contributed by atoms with Crippen LogP contribution in [0.3, 0.4) is 0 Å². The summed E-state index contributed by atoms with van der Waals surface area (Å²) >= 11 is 0. The molecular formula is C17H20N2O4. The van der Waals surface area contributed by atoms with Crippen molar-refractivity contribution in [1.82, 2.24) is 10.2 Å². The van der Waals surface area contributed by atoms with Crippen molar-refractivity contribution in [3.63, 3.8) is 0 Å². The standard InChI is InChI=1S/C17H20N2O4/c20-8-2-1-3-11-4-5-13-12(9-11)10-19(17(13)23)14-6-7-15(21)18-16(14)22/h4-5,9,14,20H,1-3,6-8,10H2,(H,18,21,22). The van der Waals surface area contributed by atoms with Crippen molar-refractivity contribution in [2.75, 3.05) is 6.61 Å². The van der Waals surface area contributed by atoms with Gasteiger partial charge in [0.2, 0.25) is 11.8 Å². The molecule has 3 rings (SSSR count). The second-order valence-electron chi connectivity index (χ2n) is 6.07. The molecule has 3 amide bonds. The molecule has 1 saturated heterocycles. The maximum Gasteiger partial charge on any atom is 0.255 e. The van der Waals surface area contributed by atoms with Crippen LogP contribution in [0, 0.1) is 0 Å². The van der Waals surface area contributed by atoms with E-state index in [0.29, 0.717) is 18.5 Å². The van der Waals surface area contributed by atoms with Gasteiger partial charge in [-0.2, -0.15) is 0 Å². The molecule has 2 N–H and O–H groups in total. The number of piperidine rings is 1. The Bertz CT molecular complexity index is 656. The first-order valence-electron chi connectivity index (χ1n) is 7.97. The fourth-order valence-corrected chi connectivity index (χ4v) is 3.22. The number of unbranched alkanes of at least 4 members (excludes halogenated alkanes) is 1. The first-order valence-corrected chi connectivity index (χ1v) is 7.97. The van der Waals surface area contributed by atoms with Gasteiger partial charge in [-0.1, -0.05) is 12.1 Å². The minimum absolute atomic E-state index is 0.142. The smallest absolute Gasteiger partial charge is 0.255 e. The molecule has 1 atom stereocenters. The van der Waals surface area contributed by atoms with Gasteiger partial charge in [0.05, 0.1) is 0 Å². The van der Waals surface area contributed by atoms with Gasteiger partial charge in [-0.05, 0) is 42.9 Å². The zero-order valence-corrected chi connectivity index (χ0v) is 12.9. The molecule has 2 aliphatic heterocycles. The SMILES string of the molecule is O=C1CCC(N2Cc3cc(CCCCO)ccc3C2=O)C(=O)N1. The van der Waals surface area contributed by atoms with E-state index in [9.17, 15) is 14.4 Å². The number of carbonyl (C=O) groups is 3. The van der Waals surface area contributed by atoms with Crippen molar-refractivity contribution in [2.24, 2.45) is 0 Å². The number of amides is 3. The van der Waals surface area contributed by atoms with Crippen molar-refractivity contribution in [2.45, 2.75) is 44.7 Å². The second-order valence-corrected chi connectivity index (χ2v) is 6.07. The first kappa shape index (κ1) is 15.7. The zero-order chi connectivity index (χ0) is 16.4. The summed E-state index contributed by atoms with van der Waals surface area (Å²) in [6.07, 6.45) is 3.18. The number of fused-ring (bicyclic) bond motifs is 1. The Labute approximate surface area is 134 Å². The Morgan fingerprint density at radius 1 is 1.22 bits per heavy atom. The van der Waals surface area contributed by atoms with Crippen molar-refractivity contribution < 1.29 is 19.5 Å². The van der Waals surface area contributed by atoms with Crippen molar-refractivity contribution in [1.29, 1.82) is 0 Å². The number of nitrogens with one attached hydrogen (secondary N) is 1. The van der Waals surface area contributed by atoms with Crippen molar-refractivity contribution in [3.8, 4) is 0 Å². The molecule has 1 aromatic rings. The first-order chi connectivity index (χ1) is 11.1. The molecule has 2 aliphatic rings. The Morgan fingerprint density at radius 3 is 2.78 bits per heavy atom. The summed E-state index contributed by atoms with van der Waals surface area (Å²) in [5.74, 6) is -0.802. The highest BCUT2D eigenvalue weighted by Crippen LogP contribution is 2.28. The molecule has 1 fully saturated rings. The van der Waals surface area contributed by atoms with Gasteiger partial charge in [0.1, 0.15) is 6.04 Å². The summed E-state index contributed by atoms with van der Waals surface area (Å²) in [7, 11) is 0. The van der Waals surface area contributed by atoms with E-state index in [4.69, 9.17) is 5.11 Å². The van der Waals surface area contributed by atoms with E-state index in [0.717, 1.165) is 30.4 Å². The zero-order valence-electron chi connectivity index (χ0n) is 12.9. The van der Waals surface area contributed by atoms with Crippen LogP contribution in [0.2, 0.25) is 0 Å². The van der Waals surface area contributed by atoms with E-state index in [-0.39, 0.29) is 30.7 Å². The van der Waals surface area contributed by atoms with Crippen LogP contribution in [-0.4, -0.2) is 40.4 Å². The minimum Gasteiger partial charge on any atom is -0.396 e. The fraction of sp³-hybridized carbons (Fsp3) is 0.471. The number of aryl methyl sites for hydroxylation is 1. The largest absolute Gasteiger partial charge is 0.396 e. The number of rotatable bonds is 5. The molecule has 6 nitrogen and oxygen atoms in total. The van der Waals surface area contributed by atoms with Crippen LogP contribution >= 0.6 is 0 Å². The topological polar surface area (TPSA) is 86.7 Å². The average Bonchev–Trinajstić information content (AvgIpc) is 2.84. The van der Waals surface area contributed by atoms with E-state index in [1.54, 1.807) is 4.90 Å². The van der Waals surface area contributed by atoms with E-state index in [1.807, 2.05) is 18.2 Å². The second kappa shape index (κ2) is 6.50. The number of aliphatic hydroxyl groups excluding tert-OH is 1. The van der Waals surface area contributed by atoms with E-state index in [1.165, 1.54) is 0 Å². The molecule has 0 spiro atoms. The molecule has 122 valence electrons. The predicted octanol–water partition coefficient (Wildman–Crippen LogP) is 0.763. The molecule has 0 aliphatic carbocycles. The summed E-state index contributed by atoms with van der Waals surface area (Å²) in [4.78, 5) is 37.3. The van der Waals surface area contributed by atoms with Crippen LogP contribution in [0.15, 0.2) is 18.2 Å². The van der Waals surface area contributed by atoms with Gasteiger partial charge >= 0.3 is 0 Å². The van der Waals surface area contributed by atoms with Crippen LogP contribution in [0.1, 0.15) is 47.2 Å². The highest BCUT2D eigenvalue weighted by molar-refractivity contribution is 6.05. The summed E-state index contributed by atoms with van der Waals surface area (Å²) in [6, 6.07) is 5.20. The van der Waals surface area contributed by atoms with Gasteiger partial charge in [-0.25, -0.2) is 0 Å². The lowest BCUT2D eigenvalue weighted by Gasteiger charge is -2.29. The molecule has 23 heavy (non-hydrogen) atoms.